The molecule has 0 saturated carbocycles. The molecule has 1 unspecified atom stereocenters. The summed E-state index contributed by atoms with van der Waals surface area (Å²) < 4.78 is 11.4. The first-order valence-corrected chi connectivity index (χ1v) is 8.07. The van der Waals surface area contributed by atoms with Gasteiger partial charge < -0.3 is 9.47 Å². The van der Waals surface area contributed by atoms with E-state index in [1.807, 2.05) is 11.7 Å². The van der Waals surface area contributed by atoms with Gasteiger partial charge in [0.2, 0.25) is 0 Å². The van der Waals surface area contributed by atoms with Crippen molar-refractivity contribution in [2.24, 2.45) is 5.92 Å². The molecule has 0 aliphatic carbocycles. The minimum absolute atomic E-state index is 0.457. The molecule has 0 amide bonds. The van der Waals surface area contributed by atoms with Crippen molar-refractivity contribution in [2.75, 3.05) is 32.9 Å². The van der Waals surface area contributed by atoms with E-state index in [9.17, 15) is 0 Å². The lowest BCUT2D eigenvalue weighted by Crippen LogP contribution is -2.37. The van der Waals surface area contributed by atoms with Gasteiger partial charge in [-0.15, -0.1) is 11.3 Å². The maximum absolute atomic E-state index is 6.03. The van der Waals surface area contributed by atoms with Crippen molar-refractivity contribution in [3.8, 4) is 0 Å². The van der Waals surface area contributed by atoms with Crippen LogP contribution in [-0.4, -0.2) is 48.9 Å². The maximum Gasteiger partial charge on any atom is 0.0794 e. The Morgan fingerprint density at radius 2 is 2.26 bits per heavy atom. The van der Waals surface area contributed by atoms with Gasteiger partial charge in [0, 0.05) is 43.2 Å². The predicted molar refractivity (Wildman–Crippen MR) is 75.3 cm³/mol. The largest absolute Gasteiger partial charge is 0.381 e. The molecule has 3 rings (SSSR count). The number of thiazole rings is 1. The van der Waals surface area contributed by atoms with Gasteiger partial charge in [-0.1, -0.05) is 0 Å². The van der Waals surface area contributed by atoms with Gasteiger partial charge in [-0.2, -0.15) is 0 Å². The van der Waals surface area contributed by atoms with E-state index < -0.39 is 0 Å². The van der Waals surface area contributed by atoms with Crippen LogP contribution >= 0.6 is 11.3 Å². The molecule has 5 heteroatoms. The van der Waals surface area contributed by atoms with Crippen LogP contribution in [0.2, 0.25) is 0 Å². The Morgan fingerprint density at radius 1 is 1.37 bits per heavy atom. The summed E-state index contributed by atoms with van der Waals surface area (Å²) in [4.78, 5) is 8.00. The Bertz CT molecular complexity index is 358. The number of hydrogen-bond donors (Lipinski definition) is 0. The quantitative estimate of drug-likeness (QED) is 0.829. The molecule has 1 aromatic heterocycles. The van der Waals surface area contributed by atoms with E-state index in [-0.39, 0.29) is 0 Å². The number of piperidine rings is 1. The van der Waals surface area contributed by atoms with Crippen LogP contribution in [0.15, 0.2) is 11.7 Å². The molecule has 0 aromatic carbocycles. The Kier molecular flexibility index (Phi) is 4.82. The van der Waals surface area contributed by atoms with Crippen LogP contribution in [0.25, 0.3) is 0 Å². The summed E-state index contributed by atoms with van der Waals surface area (Å²) >= 11 is 1.75. The third-order valence-corrected chi connectivity index (χ3v) is 4.75. The summed E-state index contributed by atoms with van der Waals surface area (Å²) in [5, 5.41) is 0. The fourth-order valence-corrected chi connectivity index (χ4v) is 3.40. The van der Waals surface area contributed by atoms with Gasteiger partial charge in [0.15, 0.2) is 0 Å². The summed E-state index contributed by atoms with van der Waals surface area (Å²) in [7, 11) is 0. The average molecular weight is 282 g/mol. The fraction of sp³-hybridized carbons (Fsp3) is 0.786. The topological polar surface area (TPSA) is 34.6 Å². The van der Waals surface area contributed by atoms with Crippen LogP contribution in [0.1, 0.15) is 24.1 Å². The molecule has 3 heterocycles. The Hall–Kier alpha value is -0.490. The molecule has 106 valence electrons. The SMILES string of the molecule is c1ncc(CN2CCC(OCC3CCOC3)CC2)s1. The average Bonchev–Trinajstić information content (AvgIpc) is 3.11. The first kappa shape index (κ1) is 13.5. The van der Waals surface area contributed by atoms with E-state index in [0.29, 0.717) is 12.0 Å². The maximum atomic E-state index is 6.03. The second-order valence-electron chi connectivity index (χ2n) is 5.51. The summed E-state index contributed by atoms with van der Waals surface area (Å²) in [5.41, 5.74) is 1.91. The van der Waals surface area contributed by atoms with E-state index >= 15 is 0 Å². The van der Waals surface area contributed by atoms with Crippen LogP contribution < -0.4 is 0 Å². The third-order valence-electron chi connectivity index (χ3n) is 3.99. The van der Waals surface area contributed by atoms with Gasteiger partial charge in [0.25, 0.3) is 0 Å². The number of rotatable bonds is 5. The lowest BCUT2D eigenvalue weighted by Gasteiger charge is -2.31. The predicted octanol–water partition coefficient (Wildman–Crippen LogP) is 2.16. The zero-order valence-electron chi connectivity index (χ0n) is 11.3. The molecule has 2 fully saturated rings. The third kappa shape index (κ3) is 3.99. The number of nitrogens with zero attached hydrogens (tertiary/aromatic N) is 2. The van der Waals surface area contributed by atoms with Crippen LogP contribution in [0.4, 0.5) is 0 Å². The number of likely N-dealkylation sites (tertiary alicyclic amines) is 1. The minimum atomic E-state index is 0.457. The molecule has 19 heavy (non-hydrogen) atoms. The zero-order valence-corrected chi connectivity index (χ0v) is 12.1. The summed E-state index contributed by atoms with van der Waals surface area (Å²) in [6.45, 7) is 6.03. The van der Waals surface area contributed by atoms with Crippen molar-refractivity contribution in [1.29, 1.82) is 0 Å². The second kappa shape index (κ2) is 6.79. The van der Waals surface area contributed by atoms with Gasteiger partial charge in [-0.25, -0.2) is 0 Å². The Labute approximate surface area is 118 Å². The molecule has 2 aliphatic heterocycles. The van der Waals surface area contributed by atoms with Crippen LogP contribution in [0.3, 0.4) is 0 Å². The first-order valence-electron chi connectivity index (χ1n) is 7.19. The number of hydrogen-bond acceptors (Lipinski definition) is 5. The van der Waals surface area contributed by atoms with Gasteiger partial charge >= 0.3 is 0 Å². The van der Waals surface area contributed by atoms with Crippen LogP contribution in [-0.2, 0) is 16.0 Å². The van der Waals surface area contributed by atoms with Crippen molar-refractivity contribution < 1.29 is 9.47 Å². The number of aromatic nitrogens is 1. The fourth-order valence-electron chi connectivity index (χ4n) is 2.76. The van der Waals surface area contributed by atoms with Gasteiger partial charge in [0.05, 0.1) is 24.8 Å². The minimum Gasteiger partial charge on any atom is -0.381 e. The van der Waals surface area contributed by atoms with E-state index in [1.165, 1.54) is 11.3 Å². The molecule has 0 bridgehead atoms. The molecule has 0 radical (unpaired) electrons. The van der Waals surface area contributed by atoms with Crippen molar-refractivity contribution in [1.82, 2.24) is 9.88 Å². The standard InChI is InChI=1S/C14H22N2O2S/c1-4-16(8-14-7-15-11-19-14)5-2-13(1)18-10-12-3-6-17-9-12/h7,11-13H,1-6,8-10H2. The zero-order chi connectivity index (χ0) is 12.9. The smallest absolute Gasteiger partial charge is 0.0794 e. The van der Waals surface area contributed by atoms with Gasteiger partial charge in [0.1, 0.15) is 0 Å². The van der Waals surface area contributed by atoms with Crippen LogP contribution in [0, 0.1) is 5.92 Å². The molecular formula is C14H22N2O2S. The number of ether oxygens (including phenoxy) is 2. The molecule has 0 N–H and O–H groups in total. The Balaban J connectivity index is 1.34. The summed E-state index contributed by atoms with van der Waals surface area (Å²) in [5.74, 6) is 0.634. The summed E-state index contributed by atoms with van der Waals surface area (Å²) in [6, 6.07) is 0. The molecular weight excluding hydrogens is 260 g/mol. The van der Waals surface area contributed by atoms with Crippen LogP contribution in [0.5, 0.6) is 0 Å². The van der Waals surface area contributed by atoms with E-state index in [1.54, 1.807) is 11.3 Å². The highest BCUT2D eigenvalue weighted by atomic mass is 32.1. The highest BCUT2D eigenvalue weighted by Crippen LogP contribution is 2.20. The molecule has 1 atom stereocenters. The lowest BCUT2D eigenvalue weighted by molar-refractivity contribution is -0.0115. The van der Waals surface area contributed by atoms with Gasteiger partial charge in [-0.3, -0.25) is 9.88 Å². The molecule has 4 nitrogen and oxygen atoms in total. The normalized spacial score (nSPS) is 26.0. The van der Waals surface area contributed by atoms with Crippen molar-refractivity contribution in [3.05, 3.63) is 16.6 Å². The van der Waals surface area contributed by atoms with Gasteiger partial charge in [-0.05, 0) is 19.3 Å². The van der Waals surface area contributed by atoms with Crippen molar-refractivity contribution in [2.45, 2.75) is 31.9 Å². The second-order valence-corrected chi connectivity index (χ2v) is 6.48. The van der Waals surface area contributed by atoms with E-state index in [0.717, 1.165) is 52.3 Å². The molecule has 2 saturated heterocycles. The highest BCUT2D eigenvalue weighted by Gasteiger charge is 2.22. The van der Waals surface area contributed by atoms with Crippen molar-refractivity contribution >= 4 is 11.3 Å². The Morgan fingerprint density at radius 3 is 2.95 bits per heavy atom. The van der Waals surface area contributed by atoms with E-state index in [2.05, 4.69) is 9.88 Å². The van der Waals surface area contributed by atoms with E-state index in [4.69, 9.17) is 9.47 Å². The molecule has 0 spiro atoms. The highest BCUT2D eigenvalue weighted by molar-refractivity contribution is 7.09. The first-order chi connectivity index (χ1) is 9.40. The molecule has 1 aromatic rings. The monoisotopic (exact) mass is 282 g/mol. The summed E-state index contributed by atoms with van der Waals surface area (Å²) in [6.07, 6.45) is 5.93. The lowest BCUT2D eigenvalue weighted by atomic mass is 10.1. The molecule has 2 aliphatic rings. The van der Waals surface area contributed by atoms with Crippen molar-refractivity contribution in [3.63, 3.8) is 0 Å².